The first-order chi connectivity index (χ1) is 8.18. The van der Waals surface area contributed by atoms with Crippen LogP contribution in [0, 0.1) is 0 Å². The average Bonchev–Trinajstić information content (AvgIpc) is 2.51. The number of rotatable bonds is 7. The van der Waals surface area contributed by atoms with E-state index in [0.717, 1.165) is 13.2 Å². The number of likely N-dealkylation sites (N-methyl/N-ethyl adjacent to an activating group) is 1. The van der Waals surface area contributed by atoms with Crippen LogP contribution < -0.4 is 5.32 Å². The van der Waals surface area contributed by atoms with Crippen molar-refractivity contribution in [3.05, 3.63) is 0 Å². The molecule has 1 N–H and O–H groups in total. The number of hydrogen-bond donors (Lipinski definition) is 1. The molecule has 3 heteroatoms. The molecule has 0 heterocycles. The Morgan fingerprint density at radius 2 is 1.71 bits per heavy atom. The van der Waals surface area contributed by atoms with E-state index in [1.807, 2.05) is 7.05 Å². The van der Waals surface area contributed by atoms with Crippen LogP contribution in [0.15, 0.2) is 0 Å². The van der Waals surface area contributed by atoms with Crippen LogP contribution in [0.2, 0.25) is 0 Å². The molecule has 0 radical (unpaired) electrons. The molecule has 0 aromatic heterocycles. The average molecular weight is 243 g/mol. The van der Waals surface area contributed by atoms with E-state index in [4.69, 9.17) is 9.47 Å². The first-order valence-corrected chi connectivity index (χ1v) is 7.09. The Morgan fingerprint density at radius 1 is 1.06 bits per heavy atom. The summed E-state index contributed by atoms with van der Waals surface area (Å²) >= 11 is 0. The standard InChI is InChI=1S/C14H29NO2/c1-13(2)16-10-11-17-14(12-15-3)8-6-4-5-7-9-14/h13,15H,4-12H2,1-3H3. The molecule has 1 fully saturated rings. The molecule has 1 rings (SSSR count). The van der Waals surface area contributed by atoms with Crippen LogP contribution in [0.25, 0.3) is 0 Å². The second-order valence-electron chi connectivity index (χ2n) is 5.40. The fraction of sp³-hybridized carbons (Fsp3) is 1.00. The summed E-state index contributed by atoms with van der Waals surface area (Å²) in [5, 5.41) is 3.29. The maximum absolute atomic E-state index is 6.15. The Balaban J connectivity index is 2.34. The number of hydrogen-bond acceptors (Lipinski definition) is 3. The zero-order valence-electron chi connectivity index (χ0n) is 11.8. The smallest absolute Gasteiger partial charge is 0.0807 e. The van der Waals surface area contributed by atoms with Gasteiger partial charge >= 0.3 is 0 Å². The summed E-state index contributed by atoms with van der Waals surface area (Å²) < 4.78 is 11.7. The molecule has 0 spiro atoms. The molecule has 0 bridgehead atoms. The molecule has 0 unspecified atom stereocenters. The Labute approximate surface area is 106 Å². The fourth-order valence-electron chi connectivity index (χ4n) is 2.61. The Morgan fingerprint density at radius 3 is 2.24 bits per heavy atom. The van der Waals surface area contributed by atoms with Crippen molar-refractivity contribution in [1.82, 2.24) is 5.32 Å². The second-order valence-corrected chi connectivity index (χ2v) is 5.40. The lowest BCUT2D eigenvalue weighted by atomic mass is 9.94. The van der Waals surface area contributed by atoms with Crippen molar-refractivity contribution in [3.63, 3.8) is 0 Å². The van der Waals surface area contributed by atoms with Crippen LogP contribution in [-0.2, 0) is 9.47 Å². The third-order valence-corrected chi connectivity index (χ3v) is 3.46. The van der Waals surface area contributed by atoms with E-state index in [0.29, 0.717) is 12.7 Å². The predicted octanol–water partition coefficient (Wildman–Crippen LogP) is 2.74. The van der Waals surface area contributed by atoms with Crippen molar-refractivity contribution in [3.8, 4) is 0 Å². The molecule has 102 valence electrons. The van der Waals surface area contributed by atoms with E-state index in [9.17, 15) is 0 Å². The van der Waals surface area contributed by atoms with E-state index in [2.05, 4.69) is 19.2 Å². The van der Waals surface area contributed by atoms with Gasteiger partial charge in [0.05, 0.1) is 24.9 Å². The highest BCUT2D eigenvalue weighted by atomic mass is 16.5. The number of nitrogens with one attached hydrogen (secondary N) is 1. The van der Waals surface area contributed by atoms with Crippen LogP contribution in [-0.4, -0.2) is 38.5 Å². The summed E-state index contributed by atoms with van der Waals surface area (Å²) in [6, 6.07) is 0. The van der Waals surface area contributed by atoms with Crippen LogP contribution in [0.4, 0.5) is 0 Å². The van der Waals surface area contributed by atoms with Gasteiger partial charge in [0.2, 0.25) is 0 Å². The normalized spacial score (nSPS) is 20.5. The summed E-state index contributed by atoms with van der Waals surface area (Å²) in [7, 11) is 2.01. The summed E-state index contributed by atoms with van der Waals surface area (Å²) in [6.07, 6.45) is 7.99. The van der Waals surface area contributed by atoms with Crippen LogP contribution in [0.5, 0.6) is 0 Å². The molecular weight excluding hydrogens is 214 g/mol. The predicted molar refractivity (Wildman–Crippen MR) is 71.4 cm³/mol. The van der Waals surface area contributed by atoms with Crippen LogP contribution in [0.3, 0.4) is 0 Å². The van der Waals surface area contributed by atoms with Crippen molar-refractivity contribution in [2.24, 2.45) is 0 Å². The SMILES string of the molecule is CNCC1(OCCOC(C)C)CCCCCC1. The Bertz CT molecular complexity index is 187. The lowest BCUT2D eigenvalue weighted by Gasteiger charge is -2.33. The van der Waals surface area contributed by atoms with Crippen molar-refractivity contribution in [2.45, 2.75) is 64.1 Å². The molecule has 1 saturated carbocycles. The van der Waals surface area contributed by atoms with E-state index in [-0.39, 0.29) is 5.60 Å². The summed E-state index contributed by atoms with van der Waals surface area (Å²) in [6.45, 7) is 6.53. The molecule has 0 amide bonds. The van der Waals surface area contributed by atoms with Gasteiger partial charge in [-0.3, -0.25) is 0 Å². The number of ether oxygens (including phenoxy) is 2. The van der Waals surface area contributed by atoms with E-state index < -0.39 is 0 Å². The van der Waals surface area contributed by atoms with Gasteiger partial charge in [0.1, 0.15) is 0 Å². The summed E-state index contributed by atoms with van der Waals surface area (Å²) in [4.78, 5) is 0. The first kappa shape index (κ1) is 14.9. The van der Waals surface area contributed by atoms with Crippen molar-refractivity contribution < 1.29 is 9.47 Å². The van der Waals surface area contributed by atoms with Crippen molar-refractivity contribution in [1.29, 1.82) is 0 Å². The van der Waals surface area contributed by atoms with Gasteiger partial charge < -0.3 is 14.8 Å². The van der Waals surface area contributed by atoms with Gasteiger partial charge in [-0.1, -0.05) is 25.7 Å². The van der Waals surface area contributed by atoms with Crippen molar-refractivity contribution >= 4 is 0 Å². The lowest BCUT2D eigenvalue weighted by Crippen LogP contribution is -2.42. The molecule has 3 nitrogen and oxygen atoms in total. The van der Waals surface area contributed by atoms with Gasteiger partial charge in [0.25, 0.3) is 0 Å². The minimum Gasteiger partial charge on any atom is -0.376 e. The van der Waals surface area contributed by atoms with Crippen LogP contribution in [0.1, 0.15) is 52.4 Å². The summed E-state index contributed by atoms with van der Waals surface area (Å²) in [5.41, 5.74) is 0.0611. The zero-order valence-corrected chi connectivity index (χ0v) is 11.8. The highest BCUT2D eigenvalue weighted by molar-refractivity contribution is 4.85. The Kier molecular flexibility index (Phi) is 7.09. The van der Waals surface area contributed by atoms with Gasteiger partial charge in [-0.15, -0.1) is 0 Å². The molecule has 0 saturated heterocycles. The topological polar surface area (TPSA) is 30.5 Å². The molecule has 1 aliphatic carbocycles. The second kappa shape index (κ2) is 8.06. The molecular formula is C14H29NO2. The minimum absolute atomic E-state index is 0.0611. The quantitative estimate of drug-likeness (QED) is 0.551. The van der Waals surface area contributed by atoms with E-state index >= 15 is 0 Å². The molecule has 0 aliphatic heterocycles. The highest BCUT2D eigenvalue weighted by Crippen LogP contribution is 2.29. The molecule has 0 aromatic rings. The zero-order chi connectivity index (χ0) is 12.6. The highest BCUT2D eigenvalue weighted by Gasteiger charge is 2.30. The molecule has 0 aromatic carbocycles. The first-order valence-electron chi connectivity index (χ1n) is 7.09. The third-order valence-electron chi connectivity index (χ3n) is 3.46. The van der Waals surface area contributed by atoms with E-state index in [1.54, 1.807) is 0 Å². The van der Waals surface area contributed by atoms with Gasteiger partial charge in [-0.2, -0.15) is 0 Å². The van der Waals surface area contributed by atoms with Gasteiger partial charge in [0.15, 0.2) is 0 Å². The fourth-order valence-corrected chi connectivity index (χ4v) is 2.61. The largest absolute Gasteiger partial charge is 0.376 e. The molecule has 1 aliphatic rings. The van der Waals surface area contributed by atoms with Gasteiger partial charge in [-0.25, -0.2) is 0 Å². The minimum atomic E-state index is 0.0611. The maximum atomic E-state index is 6.15. The third kappa shape index (κ3) is 5.84. The Hall–Kier alpha value is -0.120. The summed E-state index contributed by atoms with van der Waals surface area (Å²) in [5.74, 6) is 0. The van der Waals surface area contributed by atoms with E-state index in [1.165, 1.54) is 38.5 Å². The van der Waals surface area contributed by atoms with Gasteiger partial charge in [-0.05, 0) is 33.7 Å². The maximum Gasteiger partial charge on any atom is 0.0807 e. The molecule has 0 atom stereocenters. The molecule has 17 heavy (non-hydrogen) atoms. The monoisotopic (exact) mass is 243 g/mol. The van der Waals surface area contributed by atoms with Crippen molar-refractivity contribution in [2.75, 3.05) is 26.8 Å². The van der Waals surface area contributed by atoms with Gasteiger partial charge in [0, 0.05) is 6.54 Å². The van der Waals surface area contributed by atoms with Crippen LogP contribution >= 0.6 is 0 Å². The lowest BCUT2D eigenvalue weighted by molar-refractivity contribution is -0.0806.